The highest BCUT2D eigenvalue weighted by molar-refractivity contribution is 5.48. The van der Waals surface area contributed by atoms with Gasteiger partial charge in [0.1, 0.15) is 0 Å². The van der Waals surface area contributed by atoms with Crippen molar-refractivity contribution in [2.75, 3.05) is 13.2 Å². The largest absolute Gasteiger partial charge is 0.359 e. The van der Waals surface area contributed by atoms with Gasteiger partial charge in [-0.05, 0) is 117 Å². The Kier molecular flexibility index (Phi) is 10.1. The van der Waals surface area contributed by atoms with Crippen LogP contribution >= 0.6 is 0 Å². The number of rotatable bonds is 8. The lowest BCUT2D eigenvalue weighted by Crippen LogP contribution is -2.24. The van der Waals surface area contributed by atoms with E-state index in [2.05, 4.69) is 37.9 Å². The SMILES string of the molecule is Cc1cc(CC2CCC(CC3CCC(CC4CCC(CC5OCCO5)CC4)CC3)CC2)cc(C)c1C#CN. The number of hydrogen-bond donors (Lipinski definition) is 1. The third kappa shape index (κ3) is 7.79. The third-order valence-corrected chi connectivity index (χ3v) is 10.8. The number of hydrogen-bond acceptors (Lipinski definition) is 3. The maximum atomic E-state index is 5.69. The molecule has 0 bridgehead atoms. The molecule has 0 atom stereocenters. The van der Waals surface area contributed by atoms with Gasteiger partial charge < -0.3 is 15.2 Å². The Hall–Kier alpha value is -1.50. The van der Waals surface area contributed by atoms with Crippen molar-refractivity contribution in [3.63, 3.8) is 0 Å². The first-order valence-corrected chi connectivity index (χ1v) is 16.1. The Bertz CT molecular complexity index is 907. The lowest BCUT2D eigenvalue weighted by molar-refractivity contribution is -0.0610. The summed E-state index contributed by atoms with van der Waals surface area (Å²) in [7, 11) is 0. The summed E-state index contributed by atoms with van der Waals surface area (Å²) in [6.07, 6.45) is 23.0. The molecular formula is C35H53NO2. The van der Waals surface area contributed by atoms with Gasteiger partial charge in [-0.1, -0.05) is 63.5 Å². The fourth-order valence-electron chi connectivity index (χ4n) is 8.61. The molecule has 1 aromatic carbocycles. The average Bonchev–Trinajstić information content (AvgIpc) is 3.43. The van der Waals surface area contributed by atoms with Crippen molar-refractivity contribution in [2.45, 2.75) is 123 Å². The molecule has 3 saturated carbocycles. The highest BCUT2D eigenvalue weighted by atomic mass is 16.7. The van der Waals surface area contributed by atoms with Gasteiger partial charge in [0.2, 0.25) is 0 Å². The summed E-state index contributed by atoms with van der Waals surface area (Å²) >= 11 is 0. The zero-order valence-corrected chi connectivity index (χ0v) is 24.3. The molecule has 3 nitrogen and oxygen atoms in total. The quantitative estimate of drug-likeness (QED) is 0.279. The molecule has 4 aliphatic rings. The standard InChI is InChI=1S/C35H53NO2/c1-25-19-33(20-26(2)34(25)15-16-36)23-31-9-7-29(8-10-31)21-27-3-5-28(6-4-27)22-30-11-13-32(14-12-30)24-35-37-17-18-38-35/h19-20,27-32,35H,3-14,17-18,21-24,36H2,1-2H3. The van der Waals surface area contributed by atoms with Gasteiger partial charge in [-0.3, -0.25) is 0 Å². The van der Waals surface area contributed by atoms with Crippen LogP contribution in [0.4, 0.5) is 0 Å². The summed E-state index contributed by atoms with van der Waals surface area (Å²) < 4.78 is 11.4. The minimum Gasteiger partial charge on any atom is -0.359 e. The Labute approximate surface area is 233 Å². The van der Waals surface area contributed by atoms with Crippen LogP contribution in [0.5, 0.6) is 0 Å². The first-order valence-electron chi connectivity index (χ1n) is 16.1. The molecule has 0 spiro atoms. The van der Waals surface area contributed by atoms with E-state index in [0.717, 1.165) is 60.7 Å². The third-order valence-electron chi connectivity index (χ3n) is 10.8. The molecule has 0 aromatic heterocycles. The highest BCUT2D eigenvalue weighted by Gasteiger charge is 2.30. The molecule has 1 heterocycles. The second-order valence-electron chi connectivity index (χ2n) is 13.6. The van der Waals surface area contributed by atoms with Crippen molar-refractivity contribution >= 4 is 0 Å². The monoisotopic (exact) mass is 519 g/mol. The van der Waals surface area contributed by atoms with E-state index >= 15 is 0 Å². The summed E-state index contributed by atoms with van der Waals surface area (Å²) in [5.74, 6) is 8.78. The summed E-state index contributed by atoms with van der Waals surface area (Å²) in [6, 6.07) is 7.28. The van der Waals surface area contributed by atoms with Gasteiger partial charge in [0.15, 0.2) is 6.29 Å². The van der Waals surface area contributed by atoms with Crippen molar-refractivity contribution in [1.29, 1.82) is 0 Å². The molecule has 1 aromatic rings. The molecule has 4 fully saturated rings. The van der Waals surface area contributed by atoms with Crippen molar-refractivity contribution in [2.24, 2.45) is 41.2 Å². The van der Waals surface area contributed by atoms with Gasteiger partial charge in [0, 0.05) is 18.0 Å². The molecule has 5 rings (SSSR count). The predicted molar refractivity (Wildman–Crippen MR) is 157 cm³/mol. The molecule has 3 aliphatic carbocycles. The molecule has 0 amide bonds. The van der Waals surface area contributed by atoms with Crippen molar-refractivity contribution in [3.05, 3.63) is 34.4 Å². The fourth-order valence-corrected chi connectivity index (χ4v) is 8.61. The van der Waals surface area contributed by atoms with Crippen LogP contribution in [0.1, 0.15) is 119 Å². The molecule has 1 saturated heterocycles. The van der Waals surface area contributed by atoms with Crippen LogP contribution in [0.15, 0.2) is 12.1 Å². The van der Waals surface area contributed by atoms with Gasteiger partial charge in [-0.15, -0.1) is 0 Å². The normalized spacial score (nSPS) is 32.6. The zero-order chi connectivity index (χ0) is 26.3. The first-order chi connectivity index (χ1) is 18.6. The lowest BCUT2D eigenvalue weighted by Gasteiger charge is -2.36. The van der Waals surface area contributed by atoms with E-state index in [1.165, 1.54) is 113 Å². The van der Waals surface area contributed by atoms with Crippen LogP contribution in [-0.4, -0.2) is 19.5 Å². The average molecular weight is 520 g/mol. The molecule has 210 valence electrons. The Morgan fingerprint density at radius 3 is 1.45 bits per heavy atom. The first kappa shape index (κ1) is 28.0. The molecule has 3 heteroatoms. The van der Waals surface area contributed by atoms with E-state index in [-0.39, 0.29) is 6.29 Å². The van der Waals surface area contributed by atoms with Crippen LogP contribution in [0.25, 0.3) is 0 Å². The molecule has 1 aliphatic heterocycles. The smallest absolute Gasteiger partial charge is 0.158 e. The number of aryl methyl sites for hydroxylation is 2. The van der Waals surface area contributed by atoms with Crippen LogP contribution in [0.2, 0.25) is 0 Å². The molecule has 38 heavy (non-hydrogen) atoms. The zero-order valence-electron chi connectivity index (χ0n) is 24.3. The Morgan fingerprint density at radius 2 is 1.03 bits per heavy atom. The van der Waals surface area contributed by atoms with Gasteiger partial charge in [-0.25, -0.2) is 0 Å². The van der Waals surface area contributed by atoms with Gasteiger partial charge in [0.05, 0.1) is 13.2 Å². The predicted octanol–water partition coefficient (Wildman–Crippen LogP) is 8.08. The second kappa shape index (κ2) is 13.7. The Balaban J connectivity index is 0.963. The second-order valence-corrected chi connectivity index (χ2v) is 13.6. The topological polar surface area (TPSA) is 44.5 Å². The van der Waals surface area contributed by atoms with Crippen LogP contribution in [-0.2, 0) is 15.9 Å². The summed E-state index contributed by atoms with van der Waals surface area (Å²) in [6.45, 7) is 5.95. The van der Waals surface area contributed by atoms with E-state index in [1.54, 1.807) is 0 Å². The van der Waals surface area contributed by atoms with Crippen LogP contribution in [0.3, 0.4) is 0 Å². The van der Waals surface area contributed by atoms with Crippen LogP contribution < -0.4 is 5.73 Å². The van der Waals surface area contributed by atoms with Crippen LogP contribution in [0, 0.1) is 61.3 Å². The lowest BCUT2D eigenvalue weighted by atomic mass is 9.70. The number of nitrogens with two attached hydrogens (primary N) is 1. The number of benzene rings is 1. The van der Waals surface area contributed by atoms with Gasteiger partial charge in [0.25, 0.3) is 0 Å². The van der Waals surface area contributed by atoms with Crippen molar-refractivity contribution in [3.8, 4) is 12.0 Å². The van der Waals surface area contributed by atoms with Crippen molar-refractivity contribution < 1.29 is 9.47 Å². The number of ether oxygens (including phenoxy) is 2. The summed E-state index contributed by atoms with van der Waals surface area (Å²) in [5, 5.41) is 0. The minimum atomic E-state index is 0.102. The van der Waals surface area contributed by atoms with E-state index in [4.69, 9.17) is 15.2 Å². The Morgan fingerprint density at radius 1 is 0.632 bits per heavy atom. The summed E-state index contributed by atoms with van der Waals surface area (Å²) in [4.78, 5) is 0. The molecule has 2 N–H and O–H groups in total. The fraction of sp³-hybridized carbons (Fsp3) is 0.771. The molecule has 0 radical (unpaired) electrons. The maximum Gasteiger partial charge on any atom is 0.158 e. The minimum absolute atomic E-state index is 0.102. The van der Waals surface area contributed by atoms with Crippen molar-refractivity contribution in [1.82, 2.24) is 0 Å². The maximum absolute atomic E-state index is 5.69. The van der Waals surface area contributed by atoms with E-state index < -0.39 is 0 Å². The summed E-state index contributed by atoms with van der Waals surface area (Å²) in [5.41, 5.74) is 10.6. The van der Waals surface area contributed by atoms with Gasteiger partial charge in [-0.2, -0.15) is 0 Å². The van der Waals surface area contributed by atoms with Gasteiger partial charge >= 0.3 is 0 Å². The van der Waals surface area contributed by atoms with E-state index in [0.29, 0.717) is 0 Å². The van der Waals surface area contributed by atoms with E-state index in [9.17, 15) is 0 Å². The molecule has 0 unspecified atom stereocenters. The molecular weight excluding hydrogens is 466 g/mol. The van der Waals surface area contributed by atoms with E-state index in [1.807, 2.05) is 0 Å². The highest BCUT2D eigenvalue weighted by Crippen LogP contribution is 2.43.